The lowest BCUT2D eigenvalue weighted by atomic mass is 9.91. The standard InChI is InChI=1S/C19H21F3N6O3/c1-18(2,30)16(11-5-7-12(8-6-11)31-19(20,21)22)24-17(29)15-13(9-23-28(15)4)14-10-27(3)26-25-14/h5-10,16,30H,1-4H3,(H,24,29). The summed E-state index contributed by atoms with van der Waals surface area (Å²) in [6, 6.07) is 3.98. The average Bonchev–Trinajstić information content (AvgIpc) is 3.23. The van der Waals surface area contributed by atoms with E-state index in [4.69, 9.17) is 0 Å². The number of hydrogen-bond acceptors (Lipinski definition) is 6. The van der Waals surface area contributed by atoms with Gasteiger partial charge in [-0.3, -0.25) is 14.2 Å². The Morgan fingerprint density at radius 2 is 1.84 bits per heavy atom. The molecule has 0 saturated heterocycles. The molecule has 0 aliphatic heterocycles. The number of halogens is 3. The summed E-state index contributed by atoms with van der Waals surface area (Å²) in [7, 11) is 3.26. The summed E-state index contributed by atoms with van der Waals surface area (Å²) < 4.78 is 43.9. The topological polar surface area (TPSA) is 107 Å². The van der Waals surface area contributed by atoms with Crippen LogP contribution in [0.25, 0.3) is 11.3 Å². The number of aromatic nitrogens is 5. The number of ether oxygens (including phenoxy) is 1. The molecule has 2 heterocycles. The van der Waals surface area contributed by atoms with Gasteiger partial charge in [-0.15, -0.1) is 18.3 Å². The molecule has 1 unspecified atom stereocenters. The largest absolute Gasteiger partial charge is 0.573 e. The second-order valence-electron chi connectivity index (χ2n) is 7.48. The summed E-state index contributed by atoms with van der Waals surface area (Å²) >= 11 is 0. The summed E-state index contributed by atoms with van der Waals surface area (Å²) in [5.41, 5.74) is 0.0176. The Balaban J connectivity index is 1.89. The number of carbonyl (C=O) groups is 1. The second kappa shape index (κ2) is 8.02. The van der Waals surface area contributed by atoms with E-state index in [2.05, 4.69) is 25.5 Å². The first-order valence-electron chi connectivity index (χ1n) is 9.13. The normalized spacial score (nSPS) is 13.2. The molecule has 0 bridgehead atoms. The third-order valence-electron chi connectivity index (χ3n) is 4.46. The van der Waals surface area contributed by atoms with Gasteiger partial charge in [0, 0.05) is 14.1 Å². The lowest BCUT2D eigenvalue weighted by molar-refractivity contribution is -0.274. The number of carbonyl (C=O) groups excluding carboxylic acids is 1. The second-order valence-corrected chi connectivity index (χ2v) is 7.48. The van der Waals surface area contributed by atoms with Gasteiger partial charge in [-0.05, 0) is 31.5 Å². The van der Waals surface area contributed by atoms with E-state index >= 15 is 0 Å². The highest BCUT2D eigenvalue weighted by Crippen LogP contribution is 2.30. The van der Waals surface area contributed by atoms with E-state index in [1.807, 2.05) is 0 Å². The highest BCUT2D eigenvalue weighted by molar-refractivity contribution is 5.99. The Morgan fingerprint density at radius 3 is 2.35 bits per heavy atom. The Labute approximate surface area is 175 Å². The van der Waals surface area contributed by atoms with Crippen LogP contribution >= 0.6 is 0 Å². The van der Waals surface area contributed by atoms with E-state index < -0.39 is 29.7 Å². The molecular formula is C19H21F3N6O3. The van der Waals surface area contributed by atoms with Crippen LogP contribution in [0, 0.1) is 0 Å². The van der Waals surface area contributed by atoms with Gasteiger partial charge in [0.05, 0.1) is 29.6 Å². The van der Waals surface area contributed by atoms with Crippen molar-refractivity contribution in [3.05, 3.63) is 47.9 Å². The lowest BCUT2D eigenvalue weighted by Gasteiger charge is -2.31. The molecule has 3 rings (SSSR count). The number of alkyl halides is 3. The van der Waals surface area contributed by atoms with Crippen LogP contribution in [-0.4, -0.2) is 47.8 Å². The monoisotopic (exact) mass is 438 g/mol. The lowest BCUT2D eigenvalue weighted by Crippen LogP contribution is -2.42. The molecule has 9 nitrogen and oxygen atoms in total. The first kappa shape index (κ1) is 22.3. The zero-order chi connectivity index (χ0) is 23.0. The SMILES string of the molecule is Cn1cc(-c2cnn(C)c2C(=O)NC(c2ccc(OC(F)(F)F)cc2)C(C)(C)O)nn1. The zero-order valence-corrected chi connectivity index (χ0v) is 17.2. The van der Waals surface area contributed by atoms with E-state index in [9.17, 15) is 23.1 Å². The highest BCUT2D eigenvalue weighted by Gasteiger charge is 2.33. The fourth-order valence-electron chi connectivity index (χ4n) is 3.09. The summed E-state index contributed by atoms with van der Waals surface area (Å²) in [5, 5.41) is 25.3. The van der Waals surface area contributed by atoms with Crippen molar-refractivity contribution in [2.24, 2.45) is 14.1 Å². The molecule has 1 atom stereocenters. The molecule has 31 heavy (non-hydrogen) atoms. The van der Waals surface area contributed by atoms with Gasteiger partial charge in [-0.1, -0.05) is 17.3 Å². The van der Waals surface area contributed by atoms with E-state index in [1.54, 1.807) is 20.3 Å². The predicted octanol–water partition coefficient (Wildman–Crippen LogP) is 2.36. The molecule has 2 aromatic heterocycles. The summed E-state index contributed by atoms with van der Waals surface area (Å²) in [6.07, 6.45) is -1.72. The van der Waals surface area contributed by atoms with E-state index in [-0.39, 0.29) is 5.69 Å². The van der Waals surface area contributed by atoms with Gasteiger partial charge in [-0.25, -0.2) is 0 Å². The van der Waals surface area contributed by atoms with Gasteiger partial charge < -0.3 is 15.2 Å². The van der Waals surface area contributed by atoms with E-state index in [1.165, 1.54) is 41.5 Å². The maximum absolute atomic E-state index is 13.1. The molecule has 1 amide bonds. The Morgan fingerprint density at radius 1 is 1.19 bits per heavy atom. The van der Waals surface area contributed by atoms with Crippen molar-refractivity contribution in [3.63, 3.8) is 0 Å². The van der Waals surface area contributed by atoms with Gasteiger partial charge in [-0.2, -0.15) is 5.10 Å². The molecule has 166 valence electrons. The number of hydrogen-bond donors (Lipinski definition) is 2. The minimum absolute atomic E-state index is 0.187. The molecule has 0 fully saturated rings. The van der Waals surface area contributed by atoms with Crippen molar-refractivity contribution in [1.82, 2.24) is 30.1 Å². The molecule has 0 aliphatic rings. The van der Waals surface area contributed by atoms with Crippen LogP contribution in [0.3, 0.4) is 0 Å². The minimum atomic E-state index is -4.82. The Hall–Kier alpha value is -3.41. The van der Waals surface area contributed by atoms with Crippen LogP contribution in [0.1, 0.15) is 35.9 Å². The van der Waals surface area contributed by atoms with Crippen molar-refractivity contribution < 1.29 is 27.8 Å². The van der Waals surface area contributed by atoms with Gasteiger partial charge in [0.1, 0.15) is 17.1 Å². The van der Waals surface area contributed by atoms with Gasteiger partial charge in [0.25, 0.3) is 5.91 Å². The van der Waals surface area contributed by atoms with Crippen molar-refractivity contribution in [1.29, 1.82) is 0 Å². The number of aliphatic hydroxyl groups is 1. The fourth-order valence-corrected chi connectivity index (χ4v) is 3.09. The quantitative estimate of drug-likeness (QED) is 0.612. The number of rotatable bonds is 6. The number of amides is 1. The third kappa shape index (κ3) is 5.20. The number of aryl methyl sites for hydroxylation is 2. The highest BCUT2D eigenvalue weighted by atomic mass is 19.4. The molecule has 2 N–H and O–H groups in total. The van der Waals surface area contributed by atoms with Crippen LogP contribution < -0.4 is 10.1 Å². The number of benzene rings is 1. The predicted molar refractivity (Wildman–Crippen MR) is 103 cm³/mol. The molecule has 0 spiro atoms. The number of nitrogens with zero attached hydrogens (tertiary/aromatic N) is 5. The molecule has 0 aliphatic carbocycles. The molecule has 1 aromatic carbocycles. The maximum Gasteiger partial charge on any atom is 0.573 e. The van der Waals surface area contributed by atoms with Crippen LogP contribution in [0.15, 0.2) is 36.7 Å². The van der Waals surface area contributed by atoms with Crippen molar-refractivity contribution in [3.8, 4) is 17.0 Å². The first-order valence-corrected chi connectivity index (χ1v) is 9.13. The van der Waals surface area contributed by atoms with Crippen molar-refractivity contribution in [2.45, 2.75) is 31.9 Å². The van der Waals surface area contributed by atoms with Crippen LogP contribution in [0.4, 0.5) is 13.2 Å². The smallest absolute Gasteiger partial charge is 0.406 e. The Bertz CT molecular complexity index is 1070. The summed E-state index contributed by atoms with van der Waals surface area (Å²) in [6.45, 7) is 2.95. The van der Waals surface area contributed by atoms with E-state index in [0.29, 0.717) is 16.8 Å². The molecule has 3 aromatic rings. The third-order valence-corrected chi connectivity index (χ3v) is 4.46. The van der Waals surface area contributed by atoms with Crippen LogP contribution in [0.2, 0.25) is 0 Å². The van der Waals surface area contributed by atoms with Gasteiger partial charge in [0.15, 0.2) is 0 Å². The molecule has 0 saturated carbocycles. The van der Waals surface area contributed by atoms with Crippen molar-refractivity contribution in [2.75, 3.05) is 0 Å². The fraction of sp³-hybridized carbons (Fsp3) is 0.368. The molecule has 12 heteroatoms. The molecule has 0 radical (unpaired) electrons. The van der Waals surface area contributed by atoms with Crippen LogP contribution in [-0.2, 0) is 14.1 Å². The minimum Gasteiger partial charge on any atom is -0.406 e. The summed E-state index contributed by atoms with van der Waals surface area (Å²) in [5.74, 6) is -0.961. The summed E-state index contributed by atoms with van der Waals surface area (Å²) in [4.78, 5) is 13.1. The van der Waals surface area contributed by atoms with Gasteiger partial charge in [0.2, 0.25) is 0 Å². The van der Waals surface area contributed by atoms with Gasteiger partial charge >= 0.3 is 6.36 Å². The number of nitrogens with one attached hydrogen (secondary N) is 1. The van der Waals surface area contributed by atoms with E-state index in [0.717, 1.165) is 12.1 Å². The first-order chi connectivity index (χ1) is 14.3. The maximum atomic E-state index is 13.1. The van der Waals surface area contributed by atoms with Crippen LogP contribution in [0.5, 0.6) is 5.75 Å². The average molecular weight is 438 g/mol. The Kier molecular flexibility index (Phi) is 5.77. The molecular weight excluding hydrogens is 417 g/mol. The van der Waals surface area contributed by atoms with Crippen molar-refractivity contribution >= 4 is 5.91 Å². The zero-order valence-electron chi connectivity index (χ0n) is 17.2.